The lowest BCUT2D eigenvalue weighted by atomic mass is 10.0. The van der Waals surface area contributed by atoms with Gasteiger partial charge in [0.05, 0.1) is 0 Å². The van der Waals surface area contributed by atoms with E-state index in [9.17, 15) is 9.90 Å². The van der Waals surface area contributed by atoms with Crippen LogP contribution in [-0.2, 0) is 0 Å². The summed E-state index contributed by atoms with van der Waals surface area (Å²) in [4.78, 5) is 11.9. The number of hydrogen-bond acceptors (Lipinski definition) is 2. The molecule has 0 unspecified atom stereocenters. The van der Waals surface area contributed by atoms with Crippen LogP contribution in [0.25, 0.3) is 6.08 Å². The molecule has 0 bridgehead atoms. The number of allylic oxidation sites excluding steroid dienone is 1. The van der Waals surface area contributed by atoms with E-state index >= 15 is 0 Å². The molecule has 0 heterocycles. The molecule has 102 valence electrons. The van der Waals surface area contributed by atoms with E-state index in [-0.39, 0.29) is 11.5 Å². The van der Waals surface area contributed by atoms with Gasteiger partial charge in [-0.25, -0.2) is 0 Å². The molecular formula is C18H18O2. The first kappa shape index (κ1) is 14.1. The van der Waals surface area contributed by atoms with Crippen LogP contribution in [0, 0.1) is 0 Å². The van der Waals surface area contributed by atoms with Crippen molar-refractivity contribution in [1.29, 1.82) is 0 Å². The summed E-state index contributed by atoms with van der Waals surface area (Å²) >= 11 is 0. The highest BCUT2D eigenvalue weighted by molar-refractivity contribution is 6.06. The molecule has 2 nitrogen and oxygen atoms in total. The van der Waals surface area contributed by atoms with Crippen molar-refractivity contribution in [2.24, 2.45) is 0 Å². The van der Waals surface area contributed by atoms with Gasteiger partial charge in [-0.2, -0.15) is 0 Å². The Bertz CT molecular complexity index is 605. The summed E-state index contributed by atoms with van der Waals surface area (Å²) in [6.45, 7) is 4.30. The van der Waals surface area contributed by atoms with Gasteiger partial charge in [-0.05, 0) is 47.4 Å². The number of phenolic OH excluding ortho intramolecular Hbond substituents is 1. The maximum atomic E-state index is 11.9. The van der Waals surface area contributed by atoms with Gasteiger partial charge < -0.3 is 5.11 Å². The predicted molar refractivity (Wildman–Crippen MR) is 82.0 cm³/mol. The van der Waals surface area contributed by atoms with Crippen LogP contribution in [0.2, 0.25) is 0 Å². The van der Waals surface area contributed by atoms with Crippen LogP contribution in [0.3, 0.4) is 0 Å². The minimum atomic E-state index is -0.0714. The molecule has 0 saturated heterocycles. The third-order valence-corrected chi connectivity index (χ3v) is 3.18. The van der Waals surface area contributed by atoms with Crippen molar-refractivity contribution in [2.45, 2.75) is 19.8 Å². The van der Waals surface area contributed by atoms with Crippen LogP contribution in [-0.4, -0.2) is 10.9 Å². The first-order chi connectivity index (χ1) is 9.56. The number of phenols is 1. The zero-order valence-electron chi connectivity index (χ0n) is 11.7. The third kappa shape index (κ3) is 3.58. The Labute approximate surface area is 119 Å². The number of aromatic hydroxyl groups is 1. The van der Waals surface area contributed by atoms with Gasteiger partial charge in [-0.3, -0.25) is 4.79 Å². The van der Waals surface area contributed by atoms with E-state index in [1.54, 1.807) is 24.3 Å². The fourth-order valence-electron chi connectivity index (χ4n) is 1.89. The van der Waals surface area contributed by atoms with Crippen molar-refractivity contribution in [3.05, 3.63) is 71.3 Å². The Balaban J connectivity index is 2.08. The standard InChI is InChI=1S/C18H18O2/c1-13(2)15-6-3-14(4-7-15)5-12-18(20)16-8-10-17(19)11-9-16/h3-13,19H,1-2H3/b12-5-. The lowest BCUT2D eigenvalue weighted by Gasteiger charge is -2.04. The SMILES string of the molecule is CC(C)c1ccc(/C=C\C(=O)c2ccc(O)cc2)cc1. The van der Waals surface area contributed by atoms with E-state index < -0.39 is 0 Å². The fourth-order valence-corrected chi connectivity index (χ4v) is 1.89. The molecule has 20 heavy (non-hydrogen) atoms. The van der Waals surface area contributed by atoms with Gasteiger partial charge in [-0.1, -0.05) is 44.2 Å². The Kier molecular flexibility index (Phi) is 4.36. The highest BCUT2D eigenvalue weighted by atomic mass is 16.3. The van der Waals surface area contributed by atoms with E-state index in [0.29, 0.717) is 11.5 Å². The molecule has 0 aromatic heterocycles. The van der Waals surface area contributed by atoms with Crippen LogP contribution in [0.5, 0.6) is 5.75 Å². The van der Waals surface area contributed by atoms with E-state index in [2.05, 4.69) is 26.0 Å². The van der Waals surface area contributed by atoms with Crippen molar-refractivity contribution >= 4 is 11.9 Å². The first-order valence-electron chi connectivity index (χ1n) is 6.67. The molecule has 2 heteroatoms. The quantitative estimate of drug-likeness (QED) is 0.657. The minimum absolute atomic E-state index is 0.0714. The molecular weight excluding hydrogens is 248 g/mol. The molecule has 0 spiro atoms. The average molecular weight is 266 g/mol. The summed E-state index contributed by atoms with van der Waals surface area (Å²) in [5.74, 6) is 0.597. The van der Waals surface area contributed by atoms with Gasteiger partial charge in [-0.15, -0.1) is 0 Å². The molecule has 2 rings (SSSR count). The van der Waals surface area contributed by atoms with Crippen LogP contribution in [0.1, 0.15) is 41.3 Å². The molecule has 0 aliphatic heterocycles. The second-order valence-electron chi connectivity index (χ2n) is 5.07. The third-order valence-electron chi connectivity index (χ3n) is 3.18. The molecule has 0 fully saturated rings. The molecule has 0 amide bonds. The van der Waals surface area contributed by atoms with Crippen molar-refractivity contribution in [3.8, 4) is 5.75 Å². The first-order valence-corrected chi connectivity index (χ1v) is 6.67. The van der Waals surface area contributed by atoms with Gasteiger partial charge in [0.15, 0.2) is 5.78 Å². The number of hydrogen-bond donors (Lipinski definition) is 1. The maximum absolute atomic E-state index is 11.9. The van der Waals surface area contributed by atoms with E-state index in [4.69, 9.17) is 0 Å². The number of carbonyl (C=O) groups is 1. The number of rotatable bonds is 4. The predicted octanol–water partition coefficient (Wildman–Crippen LogP) is 4.41. The monoisotopic (exact) mass is 266 g/mol. The molecule has 2 aromatic rings. The van der Waals surface area contributed by atoms with E-state index in [1.807, 2.05) is 12.1 Å². The van der Waals surface area contributed by atoms with Gasteiger partial charge in [0, 0.05) is 5.56 Å². The summed E-state index contributed by atoms with van der Waals surface area (Å²) in [6.07, 6.45) is 3.36. The summed E-state index contributed by atoms with van der Waals surface area (Å²) in [5.41, 5.74) is 2.85. The maximum Gasteiger partial charge on any atom is 0.185 e. The molecule has 0 radical (unpaired) electrons. The smallest absolute Gasteiger partial charge is 0.185 e. The number of benzene rings is 2. The minimum Gasteiger partial charge on any atom is -0.508 e. The zero-order valence-corrected chi connectivity index (χ0v) is 11.7. The lowest BCUT2D eigenvalue weighted by Crippen LogP contribution is -1.93. The summed E-state index contributed by atoms with van der Waals surface area (Å²) in [6, 6.07) is 14.4. The average Bonchev–Trinajstić information content (AvgIpc) is 2.46. The lowest BCUT2D eigenvalue weighted by molar-refractivity contribution is 0.104. The molecule has 0 atom stereocenters. The van der Waals surface area contributed by atoms with E-state index in [0.717, 1.165) is 5.56 Å². The van der Waals surface area contributed by atoms with E-state index in [1.165, 1.54) is 17.7 Å². The van der Waals surface area contributed by atoms with Crippen LogP contribution in [0.4, 0.5) is 0 Å². The van der Waals surface area contributed by atoms with Crippen LogP contribution >= 0.6 is 0 Å². The van der Waals surface area contributed by atoms with Gasteiger partial charge in [0.2, 0.25) is 0 Å². The van der Waals surface area contributed by atoms with Gasteiger partial charge in [0.1, 0.15) is 5.75 Å². The van der Waals surface area contributed by atoms with Crippen molar-refractivity contribution < 1.29 is 9.90 Å². The molecule has 0 aliphatic carbocycles. The normalized spacial score (nSPS) is 11.2. The second kappa shape index (κ2) is 6.20. The number of ketones is 1. The van der Waals surface area contributed by atoms with Gasteiger partial charge >= 0.3 is 0 Å². The molecule has 0 aliphatic rings. The molecule has 2 aromatic carbocycles. The molecule has 1 N–H and O–H groups in total. The molecule has 0 saturated carbocycles. The van der Waals surface area contributed by atoms with Crippen molar-refractivity contribution in [3.63, 3.8) is 0 Å². The Hall–Kier alpha value is -2.35. The highest BCUT2D eigenvalue weighted by Crippen LogP contribution is 2.16. The van der Waals surface area contributed by atoms with Crippen LogP contribution < -0.4 is 0 Å². The van der Waals surface area contributed by atoms with Crippen molar-refractivity contribution in [1.82, 2.24) is 0 Å². The fraction of sp³-hybridized carbons (Fsp3) is 0.167. The summed E-state index contributed by atoms with van der Waals surface area (Å²) in [7, 11) is 0. The summed E-state index contributed by atoms with van der Waals surface area (Å²) in [5, 5.41) is 9.19. The topological polar surface area (TPSA) is 37.3 Å². The Morgan fingerprint density at radius 2 is 1.60 bits per heavy atom. The highest BCUT2D eigenvalue weighted by Gasteiger charge is 2.01. The Morgan fingerprint density at radius 1 is 1.00 bits per heavy atom. The van der Waals surface area contributed by atoms with Gasteiger partial charge in [0.25, 0.3) is 0 Å². The van der Waals surface area contributed by atoms with Crippen LogP contribution in [0.15, 0.2) is 54.6 Å². The summed E-state index contributed by atoms with van der Waals surface area (Å²) < 4.78 is 0. The zero-order chi connectivity index (χ0) is 14.5. The second-order valence-corrected chi connectivity index (χ2v) is 5.07. The number of carbonyl (C=O) groups excluding carboxylic acids is 1. The largest absolute Gasteiger partial charge is 0.508 e. The Morgan fingerprint density at radius 3 is 2.15 bits per heavy atom. The van der Waals surface area contributed by atoms with Crippen molar-refractivity contribution in [2.75, 3.05) is 0 Å².